The zero-order valence-corrected chi connectivity index (χ0v) is 20.7. The standard InChI is InChI=1S/C27H30N8O/c1-18(36)34-12-10-22(11-13-34)35-17-21(16-29-35)30-27-28-15-20-8-9-23-25(26(20)31-27)24(33(2)32-23)14-19-6-4-3-5-7-19/h3-7,15-17,22H,8-14H2,1-2H3,(H,28,30,31). The van der Waals surface area contributed by atoms with E-state index < -0.39 is 0 Å². The van der Waals surface area contributed by atoms with Crippen molar-refractivity contribution < 1.29 is 4.79 Å². The van der Waals surface area contributed by atoms with E-state index in [9.17, 15) is 4.79 Å². The predicted molar refractivity (Wildman–Crippen MR) is 137 cm³/mol. The van der Waals surface area contributed by atoms with Gasteiger partial charge < -0.3 is 10.2 Å². The predicted octanol–water partition coefficient (Wildman–Crippen LogP) is 3.69. The van der Waals surface area contributed by atoms with Gasteiger partial charge in [-0.1, -0.05) is 30.3 Å². The summed E-state index contributed by atoms with van der Waals surface area (Å²) >= 11 is 0. The second-order valence-corrected chi connectivity index (χ2v) is 9.69. The number of fused-ring (bicyclic) bond motifs is 3. The van der Waals surface area contributed by atoms with E-state index in [0.29, 0.717) is 12.0 Å². The molecular formula is C27H30N8O. The highest BCUT2D eigenvalue weighted by Gasteiger charge is 2.27. The van der Waals surface area contributed by atoms with Crippen molar-refractivity contribution in [1.82, 2.24) is 34.4 Å². The topological polar surface area (TPSA) is 93.8 Å². The van der Waals surface area contributed by atoms with Gasteiger partial charge in [-0.15, -0.1) is 0 Å². The van der Waals surface area contributed by atoms with Crippen molar-refractivity contribution in [3.63, 3.8) is 0 Å². The van der Waals surface area contributed by atoms with Crippen molar-refractivity contribution in [2.75, 3.05) is 18.4 Å². The summed E-state index contributed by atoms with van der Waals surface area (Å²) in [5, 5.41) is 12.8. The Hall–Kier alpha value is -4.01. The van der Waals surface area contributed by atoms with E-state index >= 15 is 0 Å². The minimum absolute atomic E-state index is 0.143. The zero-order valence-electron chi connectivity index (χ0n) is 20.7. The van der Waals surface area contributed by atoms with Gasteiger partial charge in [0.05, 0.1) is 35.0 Å². The van der Waals surface area contributed by atoms with Crippen LogP contribution in [-0.2, 0) is 31.1 Å². The fourth-order valence-electron chi connectivity index (χ4n) is 5.36. The quantitative estimate of drug-likeness (QED) is 0.466. The smallest absolute Gasteiger partial charge is 0.227 e. The highest BCUT2D eigenvalue weighted by Crippen LogP contribution is 2.36. The molecule has 0 bridgehead atoms. The minimum atomic E-state index is 0.143. The van der Waals surface area contributed by atoms with E-state index in [1.165, 1.54) is 11.3 Å². The average molecular weight is 483 g/mol. The van der Waals surface area contributed by atoms with Crippen LogP contribution in [0.1, 0.15) is 48.3 Å². The van der Waals surface area contributed by atoms with Gasteiger partial charge in [0.2, 0.25) is 11.9 Å². The Morgan fingerprint density at radius 3 is 2.69 bits per heavy atom. The number of amides is 1. The van der Waals surface area contributed by atoms with Crippen molar-refractivity contribution in [3.8, 4) is 11.3 Å². The molecule has 1 aliphatic carbocycles. The number of piperidine rings is 1. The third kappa shape index (κ3) is 4.25. The Balaban J connectivity index is 1.24. The number of rotatable bonds is 5. The third-order valence-corrected chi connectivity index (χ3v) is 7.33. The van der Waals surface area contributed by atoms with Gasteiger partial charge in [0.25, 0.3) is 0 Å². The lowest BCUT2D eigenvalue weighted by Crippen LogP contribution is -2.37. The first-order valence-electron chi connectivity index (χ1n) is 12.6. The molecule has 0 radical (unpaired) electrons. The van der Waals surface area contributed by atoms with Crippen molar-refractivity contribution in [2.45, 2.75) is 45.1 Å². The number of nitrogens with zero attached hydrogens (tertiary/aromatic N) is 7. The maximum absolute atomic E-state index is 11.6. The van der Waals surface area contributed by atoms with Gasteiger partial charge in [0.1, 0.15) is 0 Å². The van der Waals surface area contributed by atoms with E-state index in [0.717, 1.165) is 73.4 Å². The molecule has 6 rings (SSSR count). The first kappa shape index (κ1) is 22.5. The van der Waals surface area contributed by atoms with Crippen LogP contribution in [0.5, 0.6) is 0 Å². The Morgan fingerprint density at radius 1 is 1.11 bits per heavy atom. The molecule has 9 nitrogen and oxygen atoms in total. The molecule has 9 heteroatoms. The SMILES string of the molecule is CC(=O)N1CCC(n2cc(Nc3ncc4c(n3)-c3c(nn(C)c3Cc3ccccc3)CC4)cn2)CC1. The molecule has 0 saturated carbocycles. The van der Waals surface area contributed by atoms with Gasteiger partial charge in [-0.25, -0.2) is 9.97 Å². The van der Waals surface area contributed by atoms with Crippen molar-refractivity contribution in [1.29, 1.82) is 0 Å². The van der Waals surface area contributed by atoms with Crippen molar-refractivity contribution in [3.05, 3.63) is 71.4 Å². The first-order chi connectivity index (χ1) is 17.5. The number of anilines is 2. The van der Waals surface area contributed by atoms with Crippen LogP contribution >= 0.6 is 0 Å². The number of aromatic nitrogens is 6. The molecule has 0 spiro atoms. The number of nitrogens with one attached hydrogen (secondary N) is 1. The van der Waals surface area contributed by atoms with Crippen LogP contribution in [-0.4, -0.2) is 53.4 Å². The van der Waals surface area contributed by atoms with Crippen LogP contribution in [0.2, 0.25) is 0 Å². The molecule has 1 amide bonds. The molecule has 1 fully saturated rings. The summed E-state index contributed by atoms with van der Waals surface area (Å²) in [4.78, 5) is 23.1. The summed E-state index contributed by atoms with van der Waals surface area (Å²) < 4.78 is 4.00. The van der Waals surface area contributed by atoms with Crippen LogP contribution in [0.4, 0.5) is 11.6 Å². The van der Waals surface area contributed by atoms with Crippen LogP contribution in [0.3, 0.4) is 0 Å². The molecule has 4 aromatic rings. The Bertz CT molecular complexity index is 1400. The van der Waals surface area contributed by atoms with Gasteiger partial charge in [-0.3, -0.25) is 14.2 Å². The monoisotopic (exact) mass is 482 g/mol. The maximum Gasteiger partial charge on any atom is 0.227 e. The number of aryl methyl sites for hydroxylation is 3. The summed E-state index contributed by atoms with van der Waals surface area (Å²) in [6.45, 7) is 3.18. The van der Waals surface area contributed by atoms with Crippen LogP contribution in [0.15, 0.2) is 48.9 Å². The Kier molecular flexibility index (Phi) is 5.75. The molecule has 2 aliphatic rings. The van der Waals surface area contributed by atoms with Crippen LogP contribution < -0.4 is 5.32 Å². The third-order valence-electron chi connectivity index (χ3n) is 7.33. The second-order valence-electron chi connectivity index (χ2n) is 9.69. The van der Waals surface area contributed by atoms with E-state index in [1.54, 1.807) is 6.92 Å². The molecule has 0 unspecified atom stereocenters. The molecule has 184 valence electrons. The van der Waals surface area contributed by atoms with Crippen LogP contribution in [0, 0.1) is 0 Å². The minimum Gasteiger partial charge on any atom is -0.343 e. The maximum atomic E-state index is 11.6. The first-order valence-corrected chi connectivity index (χ1v) is 12.6. The fourth-order valence-corrected chi connectivity index (χ4v) is 5.36. The molecule has 1 aromatic carbocycles. The summed E-state index contributed by atoms with van der Waals surface area (Å²) in [6.07, 6.45) is 10.2. The number of hydrogen-bond acceptors (Lipinski definition) is 6. The molecule has 1 N–H and O–H groups in total. The molecule has 0 atom stereocenters. The van der Waals surface area contributed by atoms with E-state index in [-0.39, 0.29) is 5.91 Å². The summed E-state index contributed by atoms with van der Waals surface area (Å²) in [7, 11) is 2.02. The van der Waals surface area contributed by atoms with Gasteiger partial charge in [0, 0.05) is 51.4 Å². The van der Waals surface area contributed by atoms with Gasteiger partial charge in [0.15, 0.2) is 0 Å². The molecule has 4 heterocycles. The lowest BCUT2D eigenvalue weighted by Gasteiger charge is -2.31. The Labute approximate surface area is 210 Å². The van der Waals surface area contributed by atoms with Crippen molar-refractivity contribution >= 4 is 17.5 Å². The fraction of sp³-hybridized carbons (Fsp3) is 0.370. The number of likely N-dealkylation sites (tertiary alicyclic amines) is 1. The summed E-state index contributed by atoms with van der Waals surface area (Å²) in [6, 6.07) is 10.8. The largest absolute Gasteiger partial charge is 0.343 e. The number of carbonyl (C=O) groups excluding carboxylic acids is 1. The van der Waals surface area contributed by atoms with Crippen LogP contribution in [0.25, 0.3) is 11.3 Å². The lowest BCUT2D eigenvalue weighted by atomic mass is 9.91. The molecular weight excluding hydrogens is 452 g/mol. The number of carbonyl (C=O) groups is 1. The van der Waals surface area contributed by atoms with Gasteiger partial charge >= 0.3 is 0 Å². The summed E-state index contributed by atoms with van der Waals surface area (Å²) in [5.74, 6) is 0.701. The molecule has 3 aromatic heterocycles. The summed E-state index contributed by atoms with van der Waals surface area (Å²) in [5.41, 5.74) is 7.65. The van der Waals surface area contributed by atoms with Gasteiger partial charge in [-0.2, -0.15) is 10.2 Å². The average Bonchev–Trinajstić information content (AvgIpc) is 3.49. The normalized spacial score (nSPS) is 15.4. The van der Waals surface area contributed by atoms with Gasteiger partial charge in [-0.05, 0) is 36.8 Å². The van der Waals surface area contributed by atoms with E-state index in [2.05, 4.69) is 39.7 Å². The number of benzene rings is 1. The molecule has 1 aliphatic heterocycles. The second kappa shape index (κ2) is 9.22. The van der Waals surface area contributed by atoms with E-state index in [4.69, 9.17) is 10.1 Å². The number of hydrogen-bond donors (Lipinski definition) is 1. The molecule has 1 saturated heterocycles. The van der Waals surface area contributed by atoms with Crippen molar-refractivity contribution in [2.24, 2.45) is 7.05 Å². The zero-order chi connectivity index (χ0) is 24.6. The van der Waals surface area contributed by atoms with E-state index in [1.807, 2.05) is 46.0 Å². The highest BCUT2D eigenvalue weighted by molar-refractivity contribution is 5.73. The molecule has 36 heavy (non-hydrogen) atoms. The lowest BCUT2D eigenvalue weighted by molar-refractivity contribution is -0.130. The highest BCUT2D eigenvalue weighted by atomic mass is 16.2. The Morgan fingerprint density at radius 2 is 1.92 bits per heavy atom.